The van der Waals surface area contributed by atoms with E-state index in [1.165, 1.54) is 12.8 Å². The van der Waals surface area contributed by atoms with Crippen molar-refractivity contribution in [2.24, 2.45) is 5.92 Å². The highest BCUT2D eigenvalue weighted by Gasteiger charge is 2.29. The first-order valence-corrected chi connectivity index (χ1v) is 11.0. The van der Waals surface area contributed by atoms with E-state index < -0.39 is 6.10 Å². The number of nitrogens with one attached hydrogen (secondary N) is 1. The predicted molar refractivity (Wildman–Crippen MR) is 114 cm³/mol. The van der Waals surface area contributed by atoms with Gasteiger partial charge < -0.3 is 15.0 Å². The molecule has 0 bridgehead atoms. The van der Waals surface area contributed by atoms with Crippen LogP contribution < -0.4 is 10.1 Å². The van der Waals surface area contributed by atoms with Gasteiger partial charge in [0.2, 0.25) is 5.91 Å². The molecule has 7 heteroatoms. The highest BCUT2D eigenvalue weighted by molar-refractivity contribution is 6.31. The zero-order valence-electron chi connectivity index (χ0n) is 17.5. The van der Waals surface area contributed by atoms with Crippen molar-refractivity contribution in [3.63, 3.8) is 0 Å². The highest BCUT2D eigenvalue weighted by atomic mass is 35.5. The number of carbonyl (C=O) groups is 2. The van der Waals surface area contributed by atoms with Crippen LogP contribution >= 0.6 is 11.6 Å². The molecule has 1 atom stereocenters. The van der Waals surface area contributed by atoms with Gasteiger partial charge in [-0.25, -0.2) is 0 Å². The zero-order chi connectivity index (χ0) is 20.8. The number of carbonyl (C=O) groups excluding carboxylic acids is 2. The summed E-state index contributed by atoms with van der Waals surface area (Å²) in [5.74, 6) is 1.11. The topological polar surface area (TPSA) is 61.9 Å². The predicted octanol–water partition coefficient (Wildman–Crippen LogP) is 2.87. The van der Waals surface area contributed by atoms with Crippen molar-refractivity contribution in [2.45, 2.75) is 45.6 Å². The minimum atomic E-state index is -0.573. The molecule has 1 saturated heterocycles. The van der Waals surface area contributed by atoms with E-state index in [0.717, 1.165) is 51.1 Å². The summed E-state index contributed by atoms with van der Waals surface area (Å²) in [7, 11) is 0. The number of nitrogens with zero attached hydrogens (tertiary/aromatic N) is 2. The molecule has 0 spiro atoms. The van der Waals surface area contributed by atoms with Crippen LogP contribution in [0.1, 0.15) is 38.2 Å². The van der Waals surface area contributed by atoms with Crippen molar-refractivity contribution >= 4 is 23.4 Å². The number of benzene rings is 1. The molecule has 6 nitrogen and oxygen atoms in total. The molecule has 0 radical (unpaired) electrons. The van der Waals surface area contributed by atoms with Gasteiger partial charge in [0.05, 0.1) is 0 Å². The minimum absolute atomic E-state index is 0.132. The van der Waals surface area contributed by atoms with E-state index in [1.807, 2.05) is 17.9 Å². The Labute approximate surface area is 178 Å². The largest absolute Gasteiger partial charge is 0.481 e. The Kier molecular flexibility index (Phi) is 7.78. The number of hydrogen-bond acceptors (Lipinski definition) is 4. The molecule has 1 aliphatic heterocycles. The lowest BCUT2D eigenvalue weighted by Crippen LogP contribution is -2.51. The molecule has 2 fully saturated rings. The number of hydrogen-bond donors (Lipinski definition) is 1. The van der Waals surface area contributed by atoms with Crippen molar-refractivity contribution in [1.29, 1.82) is 0 Å². The fourth-order valence-electron chi connectivity index (χ4n) is 4.05. The van der Waals surface area contributed by atoms with Gasteiger partial charge in [-0.05, 0) is 50.5 Å². The second-order valence-corrected chi connectivity index (χ2v) is 8.52. The molecule has 1 unspecified atom stereocenters. The second-order valence-electron chi connectivity index (χ2n) is 8.11. The van der Waals surface area contributed by atoms with Crippen molar-refractivity contribution < 1.29 is 14.3 Å². The van der Waals surface area contributed by atoms with Crippen LogP contribution in [-0.2, 0) is 9.59 Å². The van der Waals surface area contributed by atoms with Gasteiger partial charge in [-0.1, -0.05) is 24.4 Å². The van der Waals surface area contributed by atoms with Crippen LogP contribution in [0.5, 0.6) is 5.75 Å². The molecule has 29 heavy (non-hydrogen) atoms. The summed E-state index contributed by atoms with van der Waals surface area (Å²) >= 11 is 6.02. The van der Waals surface area contributed by atoms with E-state index in [1.54, 1.807) is 19.1 Å². The zero-order valence-corrected chi connectivity index (χ0v) is 18.2. The second kappa shape index (κ2) is 10.3. The monoisotopic (exact) mass is 421 g/mol. The number of halogens is 1. The Balaban J connectivity index is 1.34. The molecule has 2 amide bonds. The normalized spacial score (nSPS) is 19.2. The Morgan fingerprint density at radius 1 is 1.21 bits per heavy atom. The number of ether oxygens (including phenoxy) is 1. The van der Waals surface area contributed by atoms with E-state index in [9.17, 15) is 9.59 Å². The maximum absolute atomic E-state index is 12.5. The average molecular weight is 422 g/mol. The lowest BCUT2D eigenvalue weighted by Gasteiger charge is -2.36. The minimum Gasteiger partial charge on any atom is -0.481 e. The van der Waals surface area contributed by atoms with E-state index in [-0.39, 0.29) is 11.8 Å². The fraction of sp³-hybridized carbons (Fsp3) is 0.636. The van der Waals surface area contributed by atoms with Crippen molar-refractivity contribution in [1.82, 2.24) is 15.1 Å². The maximum atomic E-state index is 12.5. The third-order valence-corrected chi connectivity index (χ3v) is 6.35. The maximum Gasteiger partial charge on any atom is 0.260 e. The standard InChI is InChI=1S/C22H32ClN3O3/c1-16-15-19(7-8-20(16)23)29-17(2)21(27)24-9-10-25-11-13-26(14-12-25)22(28)18-5-3-4-6-18/h7-8,15,17-18H,3-6,9-14H2,1-2H3,(H,24,27). The van der Waals surface area contributed by atoms with E-state index in [0.29, 0.717) is 23.2 Å². The molecule has 1 heterocycles. The molecular weight excluding hydrogens is 390 g/mol. The summed E-state index contributed by atoms with van der Waals surface area (Å²) in [5, 5.41) is 3.62. The van der Waals surface area contributed by atoms with Crippen LogP contribution in [0.15, 0.2) is 18.2 Å². The number of aryl methyl sites for hydroxylation is 1. The van der Waals surface area contributed by atoms with Crippen LogP contribution in [0, 0.1) is 12.8 Å². The van der Waals surface area contributed by atoms with Crippen LogP contribution in [0.2, 0.25) is 5.02 Å². The lowest BCUT2D eigenvalue weighted by molar-refractivity contribution is -0.137. The first kappa shape index (κ1) is 21.9. The van der Waals surface area contributed by atoms with Gasteiger partial charge in [-0.2, -0.15) is 0 Å². The molecule has 1 saturated carbocycles. The molecule has 2 aliphatic rings. The molecule has 160 valence electrons. The summed E-state index contributed by atoms with van der Waals surface area (Å²) in [6, 6.07) is 5.37. The van der Waals surface area contributed by atoms with Crippen LogP contribution in [0.25, 0.3) is 0 Å². The summed E-state index contributed by atoms with van der Waals surface area (Å²) in [4.78, 5) is 29.1. The van der Waals surface area contributed by atoms with Gasteiger partial charge in [0.1, 0.15) is 5.75 Å². The SMILES string of the molecule is Cc1cc(OC(C)C(=O)NCCN2CCN(C(=O)C3CCCC3)CC2)ccc1Cl. The lowest BCUT2D eigenvalue weighted by atomic mass is 10.1. The van der Waals surface area contributed by atoms with Gasteiger partial charge in [0.25, 0.3) is 5.91 Å². The van der Waals surface area contributed by atoms with Gasteiger partial charge in [-0.15, -0.1) is 0 Å². The molecule has 1 aromatic rings. The third-order valence-electron chi connectivity index (χ3n) is 5.93. The Morgan fingerprint density at radius 3 is 2.55 bits per heavy atom. The van der Waals surface area contributed by atoms with Crippen molar-refractivity contribution in [3.8, 4) is 5.75 Å². The molecule has 1 aromatic carbocycles. The Bertz CT molecular complexity index is 713. The highest BCUT2D eigenvalue weighted by Crippen LogP contribution is 2.27. The Morgan fingerprint density at radius 2 is 1.90 bits per heavy atom. The molecule has 1 aliphatic carbocycles. The fourth-order valence-corrected chi connectivity index (χ4v) is 4.17. The van der Waals surface area contributed by atoms with E-state index >= 15 is 0 Å². The molecule has 1 N–H and O–H groups in total. The summed E-state index contributed by atoms with van der Waals surface area (Å²) in [6.07, 6.45) is 3.92. The van der Waals surface area contributed by atoms with Gasteiger partial charge >= 0.3 is 0 Å². The smallest absolute Gasteiger partial charge is 0.260 e. The van der Waals surface area contributed by atoms with Crippen LogP contribution in [-0.4, -0.2) is 67.0 Å². The van der Waals surface area contributed by atoms with Gasteiger partial charge in [0, 0.05) is 50.2 Å². The third kappa shape index (κ3) is 6.09. The first-order chi connectivity index (χ1) is 13.9. The summed E-state index contributed by atoms with van der Waals surface area (Å²) in [6.45, 7) is 8.31. The van der Waals surface area contributed by atoms with Gasteiger partial charge in [-0.3, -0.25) is 14.5 Å². The quantitative estimate of drug-likeness (QED) is 0.735. The molecule has 0 aromatic heterocycles. The van der Waals surface area contributed by atoms with Crippen LogP contribution in [0.4, 0.5) is 0 Å². The van der Waals surface area contributed by atoms with E-state index in [2.05, 4.69) is 10.2 Å². The number of rotatable bonds is 7. The van der Waals surface area contributed by atoms with Gasteiger partial charge in [0.15, 0.2) is 6.10 Å². The summed E-state index contributed by atoms with van der Waals surface area (Å²) < 4.78 is 5.72. The molecule has 3 rings (SSSR count). The van der Waals surface area contributed by atoms with E-state index in [4.69, 9.17) is 16.3 Å². The number of piperazine rings is 1. The molecular formula is C22H32ClN3O3. The Hall–Kier alpha value is -1.79. The average Bonchev–Trinajstić information content (AvgIpc) is 3.25. The summed E-state index contributed by atoms with van der Waals surface area (Å²) in [5.41, 5.74) is 0.919. The number of amides is 2. The van der Waals surface area contributed by atoms with Crippen molar-refractivity contribution in [3.05, 3.63) is 28.8 Å². The van der Waals surface area contributed by atoms with Crippen LogP contribution in [0.3, 0.4) is 0 Å². The van der Waals surface area contributed by atoms with Crippen molar-refractivity contribution in [2.75, 3.05) is 39.3 Å². The first-order valence-electron chi connectivity index (χ1n) is 10.7.